The SMILES string of the molecule is CCOC(=O)COc1ccc(C=C2C(C)=C(C#N)c3[nH+]c(N)c(C#N)c(C)c32)cc1OC. The summed E-state index contributed by atoms with van der Waals surface area (Å²) >= 11 is 0. The Hall–Kier alpha value is -4.30. The van der Waals surface area contributed by atoms with E-state index in [0.29, 0.717) is 33.9 Å². The number of pyridine rings is 1. The van der Waals surface area contributed by atoms with Gasteiger partial charge < -0.3 is 14.2 Å². The molecule has 2 aromatic rings. The average molecular weight is 431 g/mol. The summed E-state index contributed by atoms with van der Waals surface area (Å²) in [6.07, 6.45) is 1.91. The minimum atomic E-state index is -0.465. The van der Waals surface area contributed by atoms with Crippen molar-refractivity contribution < 1.29 is 24.0 Å². The van der Waals surface area contributed by atoms with Crippen LogP contribution >= 0.6 is 0 Å². The molecule has 0 unspecified atom stereocenters. The number of anilines is 1. The van der Waals surface area contributed by atoms with Crippen LogP contribution in [0.15, 0.2) is 23.8 Å². The summed E-state index contributed by atoms with van der Waals surface area (Å²) in [5, 5.41) is 19.2. The van der Waals surface area contributed by atoms with E-state index >= 15 is 0 Å². The van der Waals surface area contributed by atoms with E-state index in [-0.39, 0.29) is 19.0 Å². The van der Waals surface area contributed by atoms with Crippen LogP contribution in [0.2, 0.25) is 0 Å². The maximum Gasteiger partial charge on any atom is 0.344 e. The van der Waals surface area contributed by atoms with Gasteiger partial charge in [0.2, 0.25) is 0 Å². The van der Waals surface area contributed by atoms with Crippen molar-refractivity contribution in [3.05, 3.63) is 51.7 Å². The zero-order valence-electron chi connectivity index (χ0n) is 18.3. The van der Waals surface area contributed by atoms with Crippen molar-refractivity contribution in [2.75, 3.05) is 26.1 Å². The molecule has 1 aliphatic carbocycles. The largest absolute Gasteiger partial charge is 0.493 e. The van der Waals surface area contributed by atoms with E-state index in [4.69, 9.17) is 19.9 Å². The first-order chi connectivity index (χ1) is 15.4. The normalized spacial score (nSPS) is 13.4. The molecule has 32 heavy (non-hydrogen) atoms. The van der Waals surface area contributed by atoms with E-state index in [1.54, 1.807) is 19.1 Å². The number of H-pyrrole nitrogens is 1. The van der Waals surface area contributed by atoms with Gasteiger partial charge in [-0.3, -0.25) is 5.73 Å². The first-order valence-electron chi connectivity index (χ1n) is 9.91. The first-order valence-corrected chi connectivity index (χ1v) is 9.91. The van der Waals surface area contributed by atoms with Crippen molar-refractivity contribution in [1.82, 2.24) is 0 Å². The van der Waals surface area contributed by atoms with Crippen LogP contribution in [0.5, 0.6) is 11.5 Å². The fraction of sp³-hybridized carbons (Fsp3) is 0.250. The first kappa shape index (κ1) is 22.4. The number of allylic oxidation sites excluding steroid dienone is 3. The van der Waals surface area contributed by atoms with E-state index in [2.05, 4.69) is 17.1 Å². The molecule has 0 radical (unpaired) electrons. The Bertz CT molecular complexity index is 1250. The lowest BCUT2D eigenvalue weighted by Crippen LogP contribution is -2.20. The van der Waals surface area contributed by atoms with Crippen molar-refractivity contribution in [2.45, 2.75) is 20.8 Å². The number of aromatic nitrogens is 1. The second kappa shape index (κ2) is 9.23. The van der Waals surface area contributed by atoms with Gasteiger partial charge in [-0.05, 0) is 61.3 Å². The number of hydrogen-bond donors (Lipinski definition) is 1. The molecule has 0 amide bonds. The number of nitrogens with zero attached hydrogens (tertiary/aromatic N) is 2. The molecule has 0 atom stereocenters. The molecule has 0 bridgehead atoms. The monoisotopic (exact) mass is 431 g/mol. The van der Waals surface area contributed by atoms with E-state index in [0.717, 1.165) is 22.3 Å². The minimum Gasteiger partial charge on any atom is -0.493 e. The van der Waals surface area contributed by atoms with Gasteiger partial charge in [0, 0.05) is 5.56 Å². The number of methoxy groups -OCH3 is 1. The van der Waals surface area contributed by atoms with Gasteiger partial charge >= 0.3 is 5.97 Å². The number of carbonyl (C=O) groups excluding carboxylic acids is 1. The number of hydrogen-bond acceptors (Lipinski definition) is 7. The number of fused-ring (bicyclic) bond motifs is 1. The van der Waals surface area contributed by atoms with Crippen LogP contribution in [0.25, 0.3) is 17.2 Å². The number of ether oxygens (including phenoxy) is 3. The molecule has 1 aliphatic rings. The highest BCUT2D eigenvalue weighted by molar-refractivity contribution is 6.07. The van der Waals surface area contributed by atoms with Crippen LogP contribution in [0.4, 0.5) is 5.82 Å². The third-order valence-electron chi connectivity index (χ3n) is 5.20. The quantitative estimate of drug-likeness (QED) is 0.695. The molecule has 8 nitrogen and oxygen atoms in total. The summed E-state index contributed by atoms with van der Waals surface area (Å²) in [6, 6.07) is 9.64. The number of carbonyl (C=O) groups is 1. The van der Waals surface area contributed by atoms with E-state index < -0.39 is 5.97 Å². The molecule has 0 saturated heterocycles. The lowest BCUT2D eigenvalue weighted by atomic mass is 9.95. The molecule has 162 valence electrons. The van der Waals surface area contributed by atoms with Gasteiger partial charge in [0.1, 0.15) is 23.3 Å². The van der Waals surface area contributed by atoms with Gasteiger partial charge in [0.25, 0.3) is 5.82 Å². The average Bonchev–Trinajstić information content (AvgIpc) is 3.03. The molecule has 0 aliphatic heterocycles. The number of rotatable bonds is 6. The topological polar surface area (TPSA) is 132 Å². The summed E-state index contributed by atoms with van der Waals surface area (Å²) in [5.41, 5.74) is 11.3. The predicted molar refractivity (Wildman–Crippen MR) is 118 cm³/mol. The zero-order chi connectivity index (χ0) is 23.4. The highest BCUT2D eigenvalue weighted by Gasteiger charge is 2.32. The second-order valence-corrected chi connectivity index (χ2v) is 7.07. The summed E-state index contributed by atoms with van der Waals surface area (Å²) in [7, 11) is 1.51. The summed E-state index contributed by atoms with van der Waals surface area (Å²) in [5.74, 6) is 0.619. The number of nitriles is 2. The van der Waals surface area contributed by atoms with Crippen molar-refractivity contribution in [2.24, 2.45) is 0 Å². The Morgan fingerprint density at radius 3 is 2.59 bits per heavy atom. The van der Waals surface area contributed by atoms with Crippen molar-refractivity contribution >= 4 is 29.0 Å². The smallest absolute Gasteiger partial charge is 0.344 e. The third-order valence-corrected chi connectivity index (χ3v) is 5.20. The van der Waals surface area contributed by atoms with E-state index in [9.17, 15) is 15.3 Å². The van der Waals surface area contributed by atoms with Crippen LogP contribution in [0, 0.1) is 29.6 Å². The highest BCUT2D eigenvalue weighted by atomic mass is 16.6. The molecular weight excluding hydrogens is 408 g/mol. The van der Waals surface area contributed by atoms with Gasteiger partial charge in [-0.2, -0.15) is 10.5 Å². The standard InChI is InChI=1S/C24H22N4O4/c1-5-31-21(29)12-32-19-7-6-15(9-20(19)30-4)8-16-13(2)17(10-25)23-22(16)14(3)18(11-26)24(27)28-23/h6-9H,5,12H2,1-4H3,(H2,27,28)/p+1. The molecule has 0 spiro atoms. The Kier molecular flexibility index (Phi) is 6.46. The maximum absolute atomic E-state index is 11.6. The minimum absolute atomic E-state index is 0.223. The molecule has 3 N–H and O–H groups in total. The van der Waals surface area contributed by atoms with Crippen molar-refractivity contribution in [3.63, 3.8) is 0 Å². The second-order valence-electron chi connectivity index (χ2n) is 7.07. The Morgan fingerprint density at radius 2 is 1.97 bits per heavy atom. The van der Waals surface area contributed by atoms with Gasteiger partial charge in [-0.25, -0.2) is 9.78 Å². The maximum atomic E-state index is 11.6. The number of nitrogen functional groups attached to an aromatic ring is 1. The Morgan fingerprint density at radius 1 is 1.22 bits per heavy atom. The summed E-state index contributed by atoms with van der Waals surface area (Å²) in [6.45, 7) is 5.45. The molecule has 0 saturated carbocycles. The van der Waals surface area contributed by atoms with Crippen LogP contribution in [0.3, 0.4) is 0 Å². The lowest BCUT2D eigenvalue weighted by molar-refractivity contribution is -0.364. The molecule has 8 heteroatoms. The van der Waals surface area contributed by atoms with Crippen LogP contribution in [-0.2, 0) is 9.53 Å². The zero-order valence-corrected chi connectivity index (χ0v) is 18.3. The number of esters is 1. The lowest BCUT2D eigenvalue weighted by Gasteiger charge is -2.12. The van der Waals surface area contributed by atoms with Gasteiger partial charge in [-0.15, -0.1) is 0 Å². The van der Waals surface area contributed by atoms with Crippen LogP contribution in [0.1, 0.15) is 41.8 Å². The third kappa shape index (κ3) is 3.99. The number of aromatic amines is 1. The number of nitrogens with two attached hydrogens (primary N) is 1. The van der Waals surface area contributed by atoms with Gasteiger partial charge in [-0.1, -0.05) is 6.07 Å². The number of nitrogens with one attached hydrogen (secondary N) is 1. The molecule has 0 fully saturated rings. The molecule has 3 rings (SSSR count). The predicted octanol–water partition coefficient (Wildman–Crippen LogP) is 3.06. The fourth-order valence-corrected chi connectivity index (χ4v) is 3.67. The Labute approximate surface area is 186 Å². The van der Waals surface area contributed by atoms with Crippen LogP contribution < -0.4 is 20.2 Å². The molecular formula is C24H23N4O4+. The van der Waals surface area contributed by atoms with Crippen molar-refractivity contribution in [3.8, 4) is 23.6 Å². The Balaban J connectivity index is 2.06. The molecule has 1 heterocycles. The summed E-state index contributed by atoms with van der Waals surface area (Å²) in [4.78, 5) is 14.6. The molecule has 1 aromatic carbocycles. The van der Waals surface area contributed by atoms with E-state index in [1.165, 1.54) is 7.11 Å². The van der Waals surface area contributed by atoms with Gasteiger partial charge in [0.05, 0.1) is 13.7 Å². The van der Waals surface area contributed by atoms with E-state index in [1.807, 2.05) is 26.0 Å². The fourth-order valence-electron chi connectivity index (χ4n) is 3.67. The van der Waals surface area contributed by atoms with Crippen molar-refractivity contribution in [1.29, 1.82) is 10.5 Å². The summed E-state index contributed by atoms with van der Waals surface area (Å²) < 4.78 is 15.8. The number of benzene rings is 1. The van der Waals surface area contributed by atoms with Gasteiger partial charge in [0.15, 0.2) is 23.8 Å². The highest BCUT2D eigenvalue weighted by Crippen LogP contribution is 2.43. The molecule has 1 aromatic heterocycles. The van der Waals surface area contributed by atoms with Crippen LogP contribution in [-0.4, -0.2) is 26.3 Å².